The highest BCUT2D eigenvalue weighted by atomic mass is 19.2. The second-order valence-electron chi connectivity index (χ2n) is 4.88. The van der Waals surface area contributed by atoms with Gasteiger partial charge >= 0.3 is 5.69 Å². The Morgan fingerprint density at radius 1 is 1.17 bits per heavy atom. The topological polar surface area (TPSA) is 68.3 Å². The maximum atomic E-state index is 14.2. The smallest absolute Gasteiger partial charge is 0.338 e. The van der Waals surface area contributed by atoms with Gasteiger partial charge in [-0.3, -0.25) is 10.1 Å². The van der Waals surface area contributed by atoms with E-state index in [1.165, 1.54) is 12.1 Å². The molecule has 0 unspecified atom stereocenters. The SMILES string of the molecule is Cc1ccc(Nc2c(F)c(F)c3ccoc3c2[N+](=O)[O-])c(F)c1. The monoisotopic (exact) mass is 322 g/mol. The third kappa shape index (κ3) is 2.37. The second-order valence-corrected chi connectivity index (χ2v) is 4.88. The van der Waals surface area contributed by atoms with Crippen LogP contribution in [0.15, 0.2) is 34.9 Å². The molecule has 0 saturated heterocycles. The predicted octanol–water partition coefficient (Wildman–Crippen LogP) is 4.81. The van der Waals surface area contributed by atoms with E-state index in [-0.39, 0.29) is 11.1 Å². The van der Waals surface area contributed by atoms with Crippen LogP contribution < -0.4 is 5.32 Å². The van der Waals surface area contributed by atoms with E-state index < -0.39 is 39.3 Å². The molecule has 0 atom stereocenters. The Bertz CT molecular complexity index is 937. The van der Waals surface area contributed by atoms with Gasteiger partial charge in [-0.15, -0.1) is 0 Å². The van der Waals surface area contributed by atoms with E-state index in [1.807, 2.05) is 0 Å². The molecule has 0 amide bonds. The molecule has 1 aromatic heterocycles. The lowest BCUT2D eigenvalue weighted by Crippen LogP contribution is -2.04. The van der Waals surface area contributed by atoms with Crippen LogP contribution in [0.4, 0.5) is 30.2 Å². The molecule has 0 spiro atoms. The van der Waals surface area contributed by atoms with E-state index in [0.717, 1.165) is 18.4 Å². The van der Waals surface area contributed by atoms with Crippen LogP contribution in [0.2, 0.25) is 0 Å². The van der Waals surface area contributed by atoms with Crippen LogP contribution >= 0.6 is 0 Å². The number of nitrogens with one attached hydrogen (secondary N) is 1. The number of hydrogen-bond donors (Lipinski definition) is 1. The van der Waals surface area contributed by atoms with E-state index in [1.54, 1.807) is 6.92 Å². The van der Waals surface area contributed by atoms with Gasteiger partial charge in [0.25, 0.3) is 0 Å². The van der Waals surface area contributed by atoms with Crippen LogP contribution in [0, 0.1) is 34.5 Å². The average molecular weight is 322 g/mol. The molecule has 1 N–H and O–H groups in total. The van der Waals surface area contributed by atoms with Gasteiger partial charge in [0.05, 0.1) is 22.3 Å². The molecule has 0 aliphatic heterocycles. The van der Waals surface area contributed by atoms with E-state index >= 15 is 0 Å². The summed E-state index contributed by atoms with van der Waals surface area (Å²) in [6.45, 7) is 1.64. The average Bonchev–Trinajstić information content (AvgIpc) is 2.96. The first kappa shape index (κ1) is 14.9. The lowest BCUT2D eigenvalue weighted by Gasteiger charge is -2.10. The molecule has 2 aromatic carbocycles. The number of aryl methyl sites for hydroxylation is 1. The molecular formula is C15H9F3N2O3. The summed E-state index contributed by atoms with van der Waals surface area (Å²) in [5.74, 6) is -3.54. The third-order valence-corrected chi connectivity index (χ3v) is 3.33. The minimum atomic E-state index is -1.48. The van der Waals surface area contributed by atoms with Crippen molar-refractivity contribution >= 4 is 28.0 Å². The van der Waals surface area contributed by atoms with E-state index in [2.05, 4.69) is 5.32 Å². The van der Waals surface area contributed by atoms with Gasteiger partial charge < -0.3 is 9.73 Å². The normalized spacial score (nSPS) is 11.0. The zero-order chi connectivity index (χ0) is 16.7. The lowest BCUT2D eigenvalue weighted by atomic mass is 10.1. The van der Waals surface area contributed by atoms with Crippen molar-refractivity contribution in [2.75, 3.05) is 5.32 Å². The van der Waals surface area contributed by atoms with E-state index in [9.17, 15) is 23.3 Å². The Labute approximate surface area is 127 Å². The van der Waals surface area contributed by atoms with Crippen molar-refractivity contribution in [2.24, 2.45) is 0 Å². The number of nitro benzene ring substituents is 1. The zero-order valence-electron chi connectivity index (χ0n) is 11.7. The summed E-state index contributed by atoms with van der Waals surface area (Å²) in [7, 11) is 0. The van der Waals surface area contributed by atoms with Crippen molar-refractivity contribution in [2.45, 2.75) is 6.92 Å². The molecule has 23 heavy (non-hydrogen) atoms. The van der Waals surface area contributed by atoms with Crippen LogP contribution in [-0.4, -0.2) is 4.92 Å². The third-order valence-electron chi connectivity index (χ3n) is 3.33. The Kier molecular flexibility index (Phi) is 3.44. The number of halogens is 3. The number of benzene rings is 2. The molecule has 0 aliphatic carbocycles. The van der Waals surface area contributed by atoms with E-state index in [4.69, 9.17) is 4.42 Å². The molecule has 3 rings (SSSR count). The minimum absolute atomic E-state index is 0.220. The Morgan fingerprint density at radius 2 is 1.91 bits per heavy atom. The standard InChI is InChI=1S/C15H9F3N2O3/c1-7-2-3-10(9(16)6-7)19-13-12(18)11(17)8-4-5-23-15(8)14(13)20(21)22/h2-6,19H,1H3. The number of hydrogen-bond acceptors (Lipinski definition) is 4. The van der Waals surface area contributed by atoms with Crippen molar-refractivity contribution in [1.82, 2.24) is 0 Å². The minimum Gasteiger partial charge on any atom is -0.457 e. The Balaban J connectivity index is 2.25. The quantitative estimate of drug-likeness (QED) is 0.555. The Hall–Kier alpha value is -3.03. The number of nitrogens with zero attached hydrogens (tertiary/aromatic N) is 1. The molecule has 0 radical (unpaired) electrons. The van der Waals surface area contributed by atoms with Crippen molar-refractivity contribution in [3.05, 3.63) is 63.7 Å². The van der Waals surface area contributed by atoms with Gasteiger partial charge in [-0.2, -0.15) is 0 Å². The van der Waals surface area contributed by atoms with Gasteiger partial charge in [0.2, 0.25) is 5.58 Å². The van der Waals surface area contributed by atoms with Gasteiger partial charge in [0.1, 0.15) is 5.82 Å². The van der Waals surface area contributed by atoms with Crippen LogP contribution in [0.1, 0.15) is 5.56 Å². The molecule has 3 aromatic rings. The van der Waals surface area contributed by atoms with Crippen LogP contribution in [0.25, 0.3) is 11.0 Å². The Morgan fingerprint density at radius 3 is 2.57 bits per heavy atom. The molecule has 1 heterocycles. The largest absolute Gasteiger partial charge is 0.457 e. The summed E-state index contributed by atoms with van der Waals surface area (Å²) in [5, 5.41) is 13.1. The molecule has 5 nitrogen and oxygen atoms in total. The molecule has 8 heteroatoms. The first-order valence-corrected chi connectivity index (χ1v) is 6.46. The summed E-state index contributed by atoms with van der Waals surface area (Å²) in [6.07, 6.45) is 1.01. The number of nitro groups is 1. The summed E-state index contributed by atoms with van der Waals surface area (Å²) in [6, 6.07) is 5.04. The molecular weight excluding hydrogens is 313 g/mol. The molecule has 0 bridgehead atoms. The maximum absolute atomic E-state index is 14.2. The van der Waals surface area contributed by atoms with Gasteiger partial charge in [-0.05, 0) is 30.7 Å². The highest BCUT2D eigenvalue weighted by Crippen LogP contribution is 2.40. The molecule has 0 saturated carbocycles. The fraction of sp³-hybridized carbons (Fsp3) is 0.0667. The van der Waals surface area contributed by atoms with Crippen LogP contribution in [0.3, 0.4) is 0 Å². The first-order valence-electron chi connectivity index (χ1n) is 6.46. The van der Waals surface area contributed by atoms with Crippen LogP contribution in [-0.2, 0) is 0 Å². The fourth-order valence-corrected chi connectivity index (χ4v) is 2.26. The number of furan rings is 1. The maximum Gasteiger partial charge on any atom is 0.338 e. The number of anilines is 2. The fourth-order valence-electron chi connectivity index (χ4n) is 2.26. The lowest BCUT2D eigenvalue weighted by molar-refractivity contribution is -0.382. The molecule has 0 fully saturated rings. The van der Waals surface area contributed by atoms with Gasteiger partial charge in [-0.1, -0.05) is 6.07 Å². The second kappa shape index (κ2) is 5.31. The van der Waals surface area contributed by atoms with Gasteiger partial charge in [0, 0.05) is 0 Å². The summed E-state index contributed by atoms with van der Waals surface area (Å²) in [5.41, 5.74) is -1.64. The predicted molar refractivity (Wildman–Crippen MR) is 77.2 cm³/mol. The zero-order valence-corrected chi connectivity index (χ0v) is 11.7. The highest BCUT2D eigenvalue weighted by Gasteiger charge is 2.30. The summed E-state index contributed by atoms with van der Waals surface area (Å²) >= 11 is 0. The van der Waals surface area contributed by atoms with Gasteiger partial charge in [0.15, 0.2) is 17.3 Å². The summed E-state index contributed by atoms with van der Waals surface area (Å²) < 4.78 is 47.0. The molecule has 0 aliphatic rings. The number of fused-ring (bicyclic) bond motifs is 1. The van der Waals surface area contributed by atoms with Crippen molar-refractivity contribution in [3.63, 3.8) is 0 Å². The first-order chi connectivity index (χ1) is 10.9. The van der Waals surface area contributed by atoms with Crippen molar-refractivity contribution < 1.29 is 22.5 Å². The number of rotatable bonds is 3. The van der Waals surface area contributed by atoms with E-state index in [0.29, 0.717) is 5.56 Å². The summed E-state index contributed by atoms with van der Waals surface area (Å²) in [4.78, 5) is 10.3. The van der Waals surface area contributed by atoms with Crippen molar-refractivity contribution in [1.29, 1.82) is 0 Å². The molecule has 118 valence electrons. The van der Waals surface area contributed by atoms with Crippen molar-refractivity contribution in [3.8, 4) is 0 Å². The highest BCUT2D eigenvalue weighted by molar-refractivity contribution is 5.94. The van der Waals surface area contributed by atoms with Crippen LogP contribution in [0.5, 0.6) is 0 Å². The van der Waals surface area contributed by atoms with Gasteiger partial charge in [-0.25, -0.2) is 13.2 Å².